The minimum absolute atomic E-state index is 0.0275. The Morgan fingerprint density at radius 2 is 0.836 bits per heavy atom. The topological polar surface area (TPSA) is 83.5 Å². The number of esters is 1. The summed E-state index contributed by atoms with van der Waals surface area (Å²) in [6, 6.07) is 82.1. The van der Waals surface area contributed by atoms with E-state index in [-0.39, 0.29) is 45.3 Å². The summed E-state index contributed by atoms with van der Waals surface area (Å²) in [6.07, 6.45) is -2.35. The number of phenolic OH excluding ortho intramolecular Hbond substituents is 1. The van der Waals surface area contributed by atoms with Crippen LogP contribution in [0.15, 0.2) is 271 Å². The number of carbonyl (C=O) groups excluding carboxylic acids is 1. The van der Waals surface area contributed by atoms with E-state index < -0.39 is 57.1 Å². The van der Waals surface area contributed by atoms with Crippen molar-refractivity contribution in [1.29, 1.82) is 0 Å². The van der Waals surface area contributed by atoms with Crippen LogP contribution < -0.4 is 9.47 Å². The number of alkyl halides is 6. The quantitative estimate of drug-likeness (QED) is 0.0785. The van der Waals surface area contributed by atoms with E-state index in [0.717, 1.165) is 141 Å². The second-order valence-corrected chi connectivity index (χ2v) is 40.6. The van der Waals surface area contributed by atoms with Crippen LogP contribution in [0.25, 0.3) is 86.0 Å². The van der Waals surface area contributed by atoms with Gasteiger partial charge in [0.05, 0.1) is 32.0 Å². The molecule has 0 atom stereocenters. The fourth-order valence-electron chi connectivity index (χ4n) is 17.6. The average Bonchev–Trinajstić information content (AvgIpc) is 1.63. The Hall–Kier alpha value is -9.51. The Bertz CT molecular complexity index is 5830. The maximum Gasteiger partial charge on any atom is 0.422 e. The molecular weight excluding hydrogens is 1580 g/mol. The molecule has 4 aliphatic carbocycles. The second kappa shape index (κ2) is 34.6. The molecule has 12 aromatic carbocycles. The number of halogens is 8. The van der Waals surface area contributed by atoms with E-state index in [2.05, 4.69) is 93.6 Å². The van der Waals surface area contributed by atoms with Crippen molar-refractivity contribution in [3.05, 3.63) is 289 Å². The molecule has 20 heteroatoms. The molecule has 7 nitrogen and oxygen atoms in total. The maximum atomic E-state index is 13.6. The molecule has 4 bridgehead atoms. The molecule has 2 aliphatic heterocycles. The van der Waals surface area contributed by atoms with E-state index >= 15 is 0 Å². The first-order valence-electron chi connectivity index (χ1n) is 39.0. The zero-order valence-corrected chi connectivity index (χ0v) is 68.3. The Labute approximate surface area is 682 Å². The third-order valence-corrected chi connectivity index (χ3v) is 34.2. The number of aryl methyl sites for hydroxylation is 2. The van der Waals surface area contributed by atoms with Gasteiger partial charge in [-0.15, -0.1) is 0 Å². The number of benzene rings is 12. The SMILES string of the molecule is Cc1cc(-[s+]2c3ccccc3c3ccccc32)cc(C)c1OCC(=O)OC1(C)C2CC3CC(C2)CC1C3.FC(F)(F)COc1ccc([S+]2CCOCC2)c2ccccc12.FC(F)(F)c1cccc(-[s+]2c3ccccc3c3ccccc32)c1.Fc1cc(F)cc(-[s+]2c3ccccc3c3ccccc32)c1.Oc1ccc([S+]2CCOCC2)cc1. The summed E-state index contributed by atoms with van der Waals surface area (Å²) in [4.78, 5) is 18.3. The van der Waals surface area contributed by atoms with E-state index in [1.807, 2.05) is 127 Å². The van der Waals surface area contributed by atoms with Crippen molar-refractivity contribution in [2.75, 3.05) is 62.7 Å². The molecule has 2 saturated heterocycles. The molecule has 6 aliphatic rings. The summed E-state index contributed by atoms with van der Waals surface area (Å²) in [5.74, 6) is 7.10. The van der Waals surface area contributed by atoms with Crippen LogP contribution in [0.2, 0.25) is 0 Å². The van der Waals surface area contributed by atoms with Gasteiger partial charge in [0.2, 0.25) is 0 Å². The smallest absolute Gasteiger partial charge is 0.422 e. The molecule has 3 aromatic heterocycles. The van der Waals surface area contributed by atoms with Crippen molar-refractivity contribution < 1.29 is 68.7 Å². The predicted octanol–water partition coefficient (Wildman–Crippen LogP) is 26.4. The third-order valence-electron chi connectivity index (χ3n) is 22.7. The lowest BCUT2D eigenvalue weighted by Gasteiger charge is -2.59. The fraction of sp³-hybridized carbons (Fsp3) is 0.260. The minimum atomic E-state index is -4.33. The van der Waals surface area contributed by atoms with E-state index in [9.17, 15) is 39.9 Å². The van der Waals surface area contributed by atoms with Gasteiger partial charge in [0.25, 0.3) is 0 Å². The molecule has 0 amide bonds. The van der Waals surface area contributed by atoms with Crippen LogP contribution in [-0.2, 0) is 47.0 Å². The first-order chi connectivity index (χ1) is 56.1. The number of carbonyl (C=O) groups is 1. The normalized spacial score (nSPS) is 18.8. The summed E-state index contributed by atoms with van der Waals surface area (Å²) >= 11 is 0. The number of hydrogen-bond acceptors (Lipinski definition) is 7. The largest absolute Gasteiger partial charge is 0.508 e. The Morgan fingerprint density at radius 3 is 1.28 bits per heavy atom. The Kier molecular flexibility index (Phi) is 23.9. The minimum Gasteiger partial charge on any atom is -0.508 e. The molecule has 0 unspecified atom stereocenters. The van der Waals surface area contributed by atoms with Gasteiger partial charge in [0.1, 0.15) is 57.5 Å². The fourth-order valence-corrected chi connectivity index (χ4v) is 28.9. The zero-order chi connectivity index (χ0) is 80.4. The van der Waals surface area contributed by atoms with Crippen molar-refractivity contribution in [2.45, 2.75) is 80.6 Å². The monoisotopic (exact) mass is 1660 g/mol. The molecule has 6 fully saturated rings. The van der Waals surface area contributed by atoms with Crippen LogP contribution in [0, 0.1) is 49.2 Å². The summed E-state index contributed by atoms with van der Waals surface area (Å²) in [5, 5.41) is 18.1. The molecule has 0 spiro atoms. The molecule has 0 radical (unpaired) electrons. The van der Waals surface area contributed by atoms with Gasteiger partial charge in [0.15, 0.2) is 65.9 Å². The third kappa shape index (κ3) is 17.3. The number of ether oxygens (including phenoxy) is 5. The van der Waals surface area contributed by atoms with Gasteiger partial charge < -0.3 is 28.8 Å². The van der Waals surface area contributed by atoms with Crippen LogP contribution in [0.1, 0.15) is 55.7 Å². The molecule has 4 saturated carbocycles. The summed E-state index contributed by atoms with van der Waals surface area (Å²) in [7, 11) is -0.636. The van der Waals surface area contributed by atoms with Crippen molar-refractivity contribution in [2.24, 2.45) is 23.7 Å². The molecule has 21 rings (SSSR count). The van der Waals surface area contributed by atoms with Gasteiger partial charge in [0, 0.05) is 133 Å². The van der Waals surface area contributed by atoms with Gasteiger partial charge in [-0.2, -0.15) is 26.3 Å². The van der Waals surface area contributed by atoms with E-state index in [4.69, 9.17) is 28.8 Å². The van der Waals surface area contributed by atoms with Crippen LogP contribution in [-0.4, -0.2) is 85.5 Å². The standard InChI is InChI=1S/C33H35O3S.C19H12F3S.C18H11F2S.C16H16F3O2S.C10H12O2S/c1-20-12-26(37-29-10-6-4-8-27(29)28-9-5-7-11-30(28)37)13-21(2)32(20)35-19-31(34)36-33(3)24-15-22-14-23(17-24)18-25(33)16-22;20-19(21,22)13-6-5-7-14(12-13)23-17-10-3-1-8-15(17)16-9-2-4-11-18(16)23;19-12-9-13(20)11-14(10-12)21-17-7-3-1-5-15(17)16-6-2-4-8-18(16)21;17-16(18,19)11-21-14-5-6-15(22-9-7-20-8-10-22)13-4-2-1-3-12(13)14;11-9-1-3-10(4-2-9)13-7-5-12-6-8-13/h4-13,22-25H,14-19H2,1-3H3;1-12H;1-11H;1-6H,7-11H2;1-4H,5-8H2/q4*+1;/p+1. The van der Waals surface area contributed by atoms with Crippen LogP contribution >= 0.6 is 31.4 Å². The van der Waals surface area contributed by atoms with Gasteiger partial charge in [-0.25, -0.2) is 13.6 Å². The highest BCUT2D eigenvalue weighted by atomic mass is 32.2. The van der Waals surface area contributed by atoms with Crippen molar-refractivity contribution >= 4 is 130 Å². The average molecular weight is 1670 g/mol. The Balaban J connectivity index is 0.000000113. The molecule has 594 valence electrons. The number of aromatic hydroxyl groups is 1. The molecular formula is C96H87F8O7S5+5. The van der Waals surface area contributed by atoms with Gasteiger partial charge >= 0.3 is 18.3 Å². The summed E-state index contributed by atoms with van der Waals surface area (Å²) in [6.45, 7) is 8.32. The van der Waals surface area contributed by atoms with Crippen molar-refractivity contribution in [3.63, 3.8) is 0 Å². The lowest BCUT2D eigenvalue weighted by molar-refractivity contribution is -0.204. The molecule has 15 aromatic rings. The predicted molar refractivity (Wildman–Crippen MR) is 463 cm³/mol. The van der Waals surface area contributed by atoms with Crippen molar-refractivity contribution in [3.8, 4) is 31.9 Å². The van der Waals surface area contributed by atoms with Gasteiger partial charge in [-0.05, 0) is 215 Å². The van der Waals surface area contributed by atoms with E-state index in [1.54, 1.807) is 24.3 Å². The summed E-state index contributed by atoms with van der Waals surface area (Å²) < 4.78 is 139. The number of phenols is 1. The summed E-state index contributed by atoms with van der Waals surface area (Å²) in [5.41, 5.74) is 1.23. The number of hydrogen-bond donors (Lipinski definition) is 1. The first kappa shape index (κ1) is 80.3. The van der Waals surface area contributed by atoms with E-state index in [0.29, 0.717) is 38.3 Å². The van der Waals surface area contributed by atoms with Crippen LogP contribution in [0.4, 0.5) is 35.1 Å². The zero-order valence-electron chi connectivity index (χ0n) is 64.2. The Morgan fingerprint density at radius 1 is 0.431 bits per heavy atom. The van der Waals surface area contributed by atoms with E-state index in [1.165, 1.54) is 91.2 Å². The van der Waals surface area contributed by atoms with Gasteiger partial charge in [-0.3, -0.25) is 0 Å². The second-order valence-electron chi connectivity index (χ2n) is 30.2. The lowest BCUT2D eigenvalue weighted by atomic mass is 9.50. The number of thiophene rings is 3. The molecule has 5 heterocycles. The molecule has 116 heavy (non-hydrogen) atoms. The molecule has 1 N–H and O–H groups in total. The maximum absolute atomic E-state index is 13.6. The number of fused-ring (bicyclic) bond motifs is 10. The van der Waals surface area contributed by atoms with Crippen molar-refractivity contribution in [1.82, 2.24) is 0 Å². The highest BCUT2D eigenvalue weighted by Gasteiger charge is 2.57. The van der Waals surface area contributed by atoms with Crippen LogP contribution in [0.5, 0.6) is 17.2 Å². The van der Waals surface area contributed by atoms with Gasteiger partial charge in [-0.1, -0.05) is 97.1 Å². The first-order valence-corrected chi connectivity index (χ1v) is 45.8. The highest BCUT2D eigenvalue weighted by molar-refractivity contribution is 7.97. The number of rotatable bonds is 11. The van der Waals surface area contributed by atoms with Crippen LogP contribution in [0.3, 0.4) is 0 Å². The lowest BCUT2D eigenvalue weighted by Crippen LogP contribution is -2.58. The highest BCUT2D eigenvalue weighted by Crippen LogP contribution is 2.60.